The second-order valence-electron chi connectivity index (χ2n) is 4.57. The molecule has 4 heteroatoms. The van der Waals surface area contributed by atoms with E-state index in [2.05, 4.69) is 0 Å². The fourth-order valence-electron chi connectivity index (χ4n) is 1.80. The first-order valence-electron chi connectivity index (χ1n) is 5.51. The highest BCUT2D eigenvalue weighted by Gasteiger charge is 2.38. The summed E-state index contributed by atoms with van der Waals surface area (Å²) in [4.78, 5) is 0. The molecule has 2 nitrogen and oxygen atoms in total. The van der Waals surface area contributed by atoms with E-state index < -0.39 is 17.2 Å². The number of hydrogen-bond donors (Lipinski definition) is 1. The lowest BCUT2D eigenvalue weighted by atomic mass is 9.82. The van der Waals surface area contributed by atoms with Gasteiger partial charge in [-0.1, -0.05) is 19.9 Å². The van der Waals surface area contributed by atoms with Crippen molar-refractivity contribution in [3.8, 4) is 0 Å². The van der Waals surface area contributed by atoms with E-state index in [0.29, 0.717) is 5.56 Å². The van der Waals surface area contributed by atoms with Crippen molar-refractivity contribution in [2.75, 3.05) is 13.7 Å². The molecule has 0 saturated carbocycles. The number of hydrogen-bond acceptors (Lipinski definition) is 2. The molecule has 0 saturated heterocycles. The minimum absolute atomic E-state index is 0.151. The third-order valence-corrected chi connectivity index (χ3v) is 3.04. The van der Waals surface area contributed by atoms with Crippen molar-refractivity contribution in [2.24, 2.45) is 5.92 Å². The molecule has 1 aromatic carbocycles. The Balaban J connectivity index is 3.43. The lowest BCUT2D eigenvalue weighted by Gasteiger charge is -2.32. The number of halogens is 2. The van der Waals surface area contributed by atoms with Gasteiger partial charge in [0, 0.05) is 7.11 Å². The van der Waals surface area contributed by atoms with E-state index in [0.717, 1.165) is 6.07 Å². The quantitative estimate of drug-likeness (QED) is 0.882. The summed E-state index contributed by atoms with van der Waals surface area (Å²) in [6.07, 6.45) is 0. The van der Waals surface area contributed by atoms with Crippen LogP contribution in [0.3, 0.4) is 0 Å². The summed E-state index contributed by atoms with van der Waals surface area (Å²) in [6, 6.07) is 2.51. The minimum atomic E-state index is -1.66. The third kappa shape index (κ3) is 2.48. The zero-order valence-electron chi connectivity index (χ0n) is 10.6. The number of aliphatic hydroxyl groups is 1. The van der Waals surface area contributed by atoms with Crippen molar-refractivity contribution in [1.29, 1.82) is 0 Å². The van der Waals surface area contributed by atoms with Crippen LogP contribution in [0.2, 0.25) is 0 Å². The number of rotatable bonds is 4. The highest BCUT2D eigenvalue weighted by molar-refractivity contribution is 5.32. The molecular formula is C13H18F2O2. The average molecular weight is 244 g/mol. The molecule has 0 aliphatic rings. The molecule has 0 amide bonds. The number of benzene rings is 1. The van der Waals surface area contributed by atoms with Crippen molar-refractivity contribution in [1.82, 2.24) is 0 Å². The smallest absolute Gasteiger partial charge is 0.135 e. The second kappa shape index (κ2) is 5.10. The standard InChI is InChI=1S/C13H18F2O2/c1-8(2)13(16,7-17-4)11-10(14)6-5-9(3)12(11)15/h5-6,8,16H,7H2,1-4H3. The maximum atomic E-state index is 14.0. The van der Waals surface area contributed by atoms with Crippen LogP contribution >= 0.6 is 0 Å². The molecular weight excluding hydrogens is 226 g/mol. The van der Waals surface area contributed by atoms with Crippen LogP contribution in [0.4, 0.5) is 8.78 Å². The van der Waals surface area contributed by atoms with Gasteiger partial charge in [-0.15, -0.1) is 0 Å². The van der Waals surface area contributed by atoms with Gasteiger partial charge in [-0.3, -0.25) is 0 Å². The van der Waals surface area contributed by atoms with Crippen molar-refractivity contribution in [2.45, 2.75) is 26.4 Å². The minimum Gasteiger partial charge on any atom is -0.382 e. The molecule has 0 spiro atoms. The molecule has 0 fully saturated rings. The molecule has 1 rings (SSSR count). The highest BCUT2D eigenvalue weighted by atomic mass is 19.1. The van der Waals surface area contributed by atoms with Gasteiger partial charge in [-0.25, -0.2) is 8.78 Å². The summed E-state index contributed by atoms with van der Waals surface area (Å²) in [7, 11) is 1.39. The Hall–Kier alpha value is -1.00. The topological polar surface area (TPSA) is 29.5 Å². The Morgan fingerprint density at radius 1 is 1.35 bits per heavy atom. The van der Waals surface area contributed by atoms with E-state index in [9.17, 15) is 13.9 Å². The molecule has 0 aromatic heterocycles. The van der Waals surface area contributed by atoms with Crippen LogP contribution in [-0.2, 0) is 10.3 Å². The van der Waals surface area contributed by atoms with E-state index in [1.165, 1.54) is 20.1 Å². The lowest BCUT2D eigenvalue weighted by molar-refractivity contribution is -0.0747. The van der Waals surface area contributed by atoms with Crippen LogP contribution in [0.15, 0.2) is 12.1 Å². The van der Waals surface area contributed by atoms with Crippen LogP contribution in [0, 0.1) is 24.5 Å². The summed E-state index contributed by atoms with van der Waals surface area (Å²) in [5.41, 5.74) is -1.67. The molecule has 0 radical (unpaired) electrons. The molecule has 96 valence electrons. The van der Waals surface area contributed by atoms with Gasteiger partial charge in [0.15, 0.2) is 0 Å². The first-order valence-corrected chi connectivity index (χ1v) is 5.51. The van der Waals surface area contributed by atoms with Gasteiger partial charge in [0.25, 0.3) is 0 Å². The Bertz CT molecular complexity index is 405. The third-order valence-electron chi connectivity index (χ3n) is 3.04. The number of aryl methyl sites for hydroxylation is 1. The van der Waals surface area contributed by atoms with Gasteiger partial charge in [-0.05, 0) is 24.5 Å². The Labute approximate surface area is 100 Å². The van der Waals surface area contributed by atoms with Crippen LogP contribution in [0.5, 0.6) is 0 Å². The zero-order valence-corrected chi connectivity index (χ0v) is 10.6. The first kappa shape index (κ1) is 14.1. The Kier molecular flexibility index (Phi) is 4.22. The van der Waals surface area contributed by atoms with E-state index in [1.807, 2.05) is 0 Å². The molecule has 1 aromatic rings. The molecule has 0 aliphatic carbocycles. The maximum Gasteiger partial charge on any atom is 0.135 e. The monoisotopic (exact) mass is 244 g/mol. The molecule has 17 heavy (non-hydrogen) atoms. The average Bonchev–Trinajstić information content (AvgIpc) is 2.24. The van der Waals surface area contributed by atoms with Crippen molar-refractivity contribution in [3.63, 3.8) is 0 Å². The maximum absolute atomic E-state index is 14.0. The van der Waals surface area contributed by atoms with E-state index in [1.54, 1.807) is 13.8 Å². The van der Waals surface area contributed by atoms with Gasteiger partial charge in [-0.2, -0.15) is 0 Å². The zero-order chi connectivity index (χ0) is 13.2. The molecule has 1 unspecified atom stereocenters. The largest absolute Gasteiger partial charge is 0.382 e. The van der Waals surface area contributed by atoms with Crippen LogP contribution < -0.4 is 0 Å². The fourth-order valence-corrected chi connectivity index (χ4v) is 1.80. The first-order chi connectivity index (χ1) is 7.84. The van der Waals surface area contributed by atoms with Gasteiger partial charge >= 0.3 is 0 Å². The van der Waals surface area contributed by atoms with Gasteiger partial charge in [0.2, 0.25) is 0 Å². The van der Waals surface area contributed by atoms with Crippen molar-refractivity contribution < 1.29 is 18.6 Å². The van der Waals surface area contributed by atoms with Crippen LogP contribution in [0.25, 0.3) is 0 Å². The lowest BCUT2D eigenvalue weighted by Crippen LogP contribution is -2.39. The van der Waals surface area contributed by atoms with Crippen molar-refractivity contribution >= 4 is 0 Å². The highest BCUT2D eigenvalue weighted by Crippen LogP contribution is 2.34. The molecule has 1 N–H and O–H groups in total. The van der Waals surface area contributed by atoms with E-state index in [-0.39, 0.29) is 18.1 Å². The summed E-state index contributed by atoms with van der Waals surface area (Å²) in [6.45, 7) is 4.77. The van der Waals surface area contributed by atoms with Crippen molar-refractivity contribution in [3.05, 3.63) is 34.9 Å². The molecule has 1 atom stereocenters. The Morgan fingerprint density at radius 3 is 2.41 bits per heavy atom. The van der Waals surface area contributed by atoms with Crippen LogP contribution in [0.1, 0.15) is 25.0 Å². The summed E-state index contributed by atoms with van der Waals surface area (Å²) in [5.74, 6) is -1.83. The van der Waals surface area contributed by atoms with E-state index >= 15 is 0 Å². The molecule has 0 bridgehead atoms. The number of ether oxygens (including phenoxy) is 1. The fraction of sp³-hybridized carbons (Fsp3) is 0.538. The van der Waals surface area contributed by atoms with Gasteiger partial charge in [0.1, 0.15) is 17.2 Å². The molecule has 0 heterocycles. The number of methoxy groups -OCH3 is 1. The summed E-state index contributed by atoms with van der Waals surface area (Å²) < 4.78 is 32.6. The molecule has 0 aliphatic heterocycles. The normalized spacial score (nSPS) is 15.1. The second-order valence-corrected chi connectivity index (χ2v) is 4.57. The summed E-state index contributed by atoms with van der Waals surface area (Å²) >= 11 is 0. The van der Waals surface area contributed by atoms with Gasteiger partial charge in [0.05, 0.1) is 12.2 Å². The van der Waals surface area contributed by atoms with E-state index in [4.69, 9.17) is 4.74 Å². The SMILES string of the molecule is COCC(O)(c1c(F)ccc(C)c1F)C(C)C. The predicted octanol–water partition coefficient (Wildman–Crippen LogP) is 2.76. The Morgan fingerprint density at radius 2 is 1.94 bits per heavy atom. The van der Waals surface area contributed by atoms with Gasteiger partial charge < -0.3 is 9.84 Å². The van der Waals surface area contributed by atoms with Crippen LogP contribution in [-0.4, -0.2) is 18.8 Å². The summed E-state index contributed by atoms with van der Waals surface area (Å²) in [5, 5.41) is 10.4. The predicted molar refractivity (Wildman–Crippen MR) is 61.7 cm³/mol.